The van der Waals surface area contributed by atoms with E-state index in [1.165, 1.54) is 12.8 Å². The van der Waals surface area contributed by atoms with Gasteiger partial charge in [0.05, 0.1) is 0 Å². The topological polar surface area (TPSA) is 29.5 Å². The molecule has 2 saturated carbocycles. The number of ether oxygens (including phenoxy) is 1. The highest BCUT2D eigenvalue weighted by Crippen LogP contribution is 2.55. The lowest BCUT2D eigenvalue weighted by Gasteiger charge is -2.33. The summed E-state index contributed by atoms with van der Waals surface area (Å²) >= 11 is 0. The lowest BCUT2D eigenvalue weighted by Crippen LogP contribution is -2.33. The van der Waals surface area contributed by atoms with Gasteiger partial charge in [0.25, 0.3) is 0 Å². The predicted octanol–water partition coefficient (Wildman–Crippen LogP) is 1.88. The minimum Gasteiger partial charge on any atom is -0.368 e. The quantitative estimate of drug-likeness (QED) is 0.664. The monoisotopic (exact) mass is 184 g/mol. The van der Waals surface area contributed by atoms with E-state index in [0.29, 0.717) is 11.8 Å². The molecule has 0 radical (unpaired) electrons. The Hall–Kier alpha value is -0.0800. The van der Waals surface area contributed by atoms with E-state index >= 15 is 0 Å². The fourth-order valence-electron chi connectivity index (χ4n) is 3.50. The molecule has 2 aliphatic rings. The van der Waals surface area contributed by atoms with Crippen molar-refractivity contribution in [3.05, 3.63) is 0 Å². The SMILES string of the molecule is COC(O)C1C[C@H]2C[C@@H]1C(C)C2C. The minimum atomic E-state index is -0.523. The third kappa shape index (κ3) is 1.31. The minimum absolute atomic E-state index is 0.404. The molecule has 0 aromatic heterocycles. The van der Waals surface area contributed by atoms with E-state index in [2.05, 4.69) is 13.8 Å². The van der Waals surface area contributed by atoms with Crippen molar-refractivity contribution in [2.24, 2.45) is 29.6 Å². The normalized spacial score (nSPS) is 51.2. The van der Waals surface area contributed by atoms with E-state index in [0.717, 1.165) is 17.8 Å². The maximum Gasteiger partial charge on any atom is 0.157 e. The number of hydrogen-bond acceptors (Lipinski definition) is 2. The Balaban J connectivity index is 2.06. The summed E-state index contributed by atoms with van der Waals surface area (Å²) in [6.45, 7) is 4.68. The summed E-state index contributed by atoms with van der Waals surface area (Å²) in [5, 5.41) is 9.66. The highest BCUT2D eigenvalue weighted by Gasteiger charge is 2.50. The first-order chi connectivity index (χ1) is 6.15. The van der Waals surface area contributed by atoms with E-state index < -0.39 is 6.29 Å². The lowest BCUT2D eigenvalue weighted by molar-refractivity contribution is -0.132. The van der Waals surface area contributed by atoms with Gasteiger partial charge in [-0.2, -0.15) is 0 Å². The smallest absolute Gasteiger partial charge is 0.157 e. The van der Waals surface area contributed by atoms with Crippen LogP contribution in [0.5, 0.6) is 0 Å². The average molecular weight is 184 g/mol. The van der Waals surface area contributed by atoms with Gasteiger partial charge in [-0.25, -0.2) is 0 Å². The number of rotatable bonds is 2. The zero-order valence-corrected chi connectivity index (χ0v) is 8.73. The largest absolute Gasteiger partial charge is 0.368 e. The Morgan fingerprint density at radius 3 is 2.38 bits per heavy atom. The third-order valence-corrected chi connectivity index (χ3v) is 4.56. The molecule has 0 spiro atoms. The average Bonchev–Trinajstić information content (AvgIpc) is 2.67. The standard InChI is InChI=1S/C11H20O2/c1-6-7(2)9-4-8(6)5-10(9)11(12)13-3/h6-12H,4-5H2,1-3H3/t6?,7?,8-,9-,10?,11?/m1/s1. The first-order valence-corrected chi connectivity index (χ1v) is 5.36. The molecule has 0 aromatic rings. The summed E-state index contributed by atoms with van der Waals surface area (Å²) in [5.74, 6) is 3.57. The van der Waals surface area contributed by atoms with Crippen LogP contribution in [-0.2, 0) is 4.74 Å². The number of aliphatic hydroxyl groups excluding tert-OH is 1. The van der Waals surface area contributed by atoms with Gasteiger partial charge < -0.3 is 9.84 Å². The molecule has 2 heteroatoms. The van der Waals surface area contributed by atoms with Crippen LogP contribution < -0.4 is 0 Å². The van der Waals surface area contributed by atoms with Crippen molar-refractivity contribution in [1.29, 1.82) is 0 Å². The summed E-state index contributed by atoms with van der Waals surface area (Å²) in [5.41, 5.74) is 0. The Morgan fingerprint density at radius 2 is 1.92 bits per heavy atom. The van der Waals surface area contributed by atoms with Crippen LogP contribution in [-0.4, -0.2) is 18.5 Å². The molecule has 0 heterocycles. The summed E-state index contributed by atoms with van der Waals surface area (Å²) in [4.78, 5) is 0. The van der Waals surface area contributed by atoms with Crippen molar-refractivity contribution >= 4 is 0 Å². The Labute approximate surface area is 80.3 Å². The van der Waals surface area contributed by atoms with Gasteiger partial charge in [0, 0.05) is 13.0 Å². The molecule has 0 aromatic carbocycles. The lowest BCUT2D eigenvalue weighted by atomic mass is 9.75. The second kappa shape index (κ2) is 3.25. The van der Waals surface area contributed by atoms with E-state index in [1.807, 2.05) is 0 Å². The zero-order chi connectivity index (χ0) is 9.59. The van der Waals surface area contributed by atoms with Crippen LogP contribution in [0.15, 0.2) is 0 Å². The molecule has 0 amide bonds. The number of methoxy groups -OCH3 is 1. The molecular formula is C11H20O2. The fraction of sp³-hybridized carbons (Fsp3) is 1.00. The third-order valence-electron chi connectivity index (χ3n) is 4.56. The molecule has 2 aliphatic carbocycles. The molecule has 2 rings (SSSR count). The second-order valence-electron chi connectivity index (χ2n) is 4.90. The predicted molar refractivity (Wildman–Crippen MR) is 51.0 cm³/mol. The van der Waals surface area contributed by atoms with Gasteiger partial charge in [-0.3, -0.25) is 0 Å². The van der Waals surface area contributed by atoms with Crippen molar-refractivity contribution in [3.63, 3.8) is 0 Å². The first-order valence-electron chi connectivity index (χ1n) is 5.36. The van der Waals surface area contributed by atoms with Gasteiger partial charge in [0.1, 0.15) is 0 Å². The molecule has 1 N–H and O–H groups in total. The Bertz CT molecular complexity index is 191. The van der Waals surface area contributed by atoms with Gasteiger partial charge in [-0.15, -0.1) is 0 Å². The first kappa shape index (κ1) is 9.47. The van der Waals surface area contributed by atoms with Crippen LogP contribution in [0.1, 0.15) is 26.7 Å². The van der Waals surface area contributed by atoms with Gasteiger partial charge in [0.15, 0.2) is 6.29 Å². The van der Waals surface area contributed by atoms with Crippen molar-refractivity contribution in [2.75, 3.05) is 7.11 Å². The molecule has 6 atom stereocenters. The van der Waals surface area contributed by atoms with Crippen LogP contribution in [0.4, 0.5) is 0 Å². The summed E-state index contributed by atoms with van der Waals surface area (Å²) in [6, 6.07) is 0. The van der Waals surface area contributed by atoms with E-state index in [9.17, 15) is 5.11 Å². The van der Waals surface area contributed by atoms with Crippen molar-refractivity contribution in [3.8, 4) is 0 Å². The summed E-state index contributed by atoms with van der Waals surface area (Å²) < 4.78 is 5.03. The maximum atomic E-state index is 9.66. The van der Waals surface area contributed by atoms with Gasteiger partial charge in [-0.05, 0) is 36.5 Å². The molecular weight excluding hydrogens is 164 g/mol. The number of hydrogen-bond donors (Lipinski definition) is 1. The van der Waals surface area contributed by atoms with Crippen LogP contribution in [0.2, 0.25) is 0 Å². The fourth-order valence-corrected chi connectivity index (χ4v) is 3.50. The highest BCUT2D eigenvalue weighted by atomic mass is 16.6. The van der Waals surface area contributed by atoms with Crippen LogP contribution >= 0.6 is 0 Å². The van der Waals surface area contributed by atoms with Crippen LogP contribution in [0.25, 0.3) is 0 Å². The number of aliphatic hydroxyl groups is 1. The van der Waals surface area contributed by atoms with Crippen molar-refractivity contribution in [2.45, 2.75) is 33.0 Å². The van der Waals surface area contributed by atoms with Crippen molar-refractivity contribution < 1.29 is 9.84 Å². The molecule has 76 valence electrons. The number of fused-ring (bicyclic) bond motifs is 2. The van der Waals surface area contributed by atoms with Crippen LogP contribution in [0, 0.1) is 29.6 Å². The molecule has 0 saturated heterocycles. The molecule has 2 bridgehead atoms. The van der Waals surface area contributed by atoms with E-state index in [1.54, 1.807) is 7.11 Å². The zero-order valence-electron chi connectivity index (χ0n) is 8.73. The Kier molecular flexibility index (Phi) is 2.37. The van der Waals surface area contributed by atoms with Gasteiger partial charge >= 0.3 is 0 Å². The molecule has 13 heavy (non-hydrogen) atoms. The Morgan fingerprint density at radius 1 is 1.23 bits per heavy atom. The van der Waals surface area contributed by atoms with E-state index in [4.69, 9.17) is 4.74 Å². The van der Waals surface area contributed by atoms with Gasteiger partial charge in [-0.1, -0.05) is 13.8 Å². The molecule has 0 aliphatic heterocycles. The molecule has 2 fully saturated rings. The highest BCUT2D eigenvalue weighted by molar-refractivity contribution is 4.98. The second-order valence-corrected chi connectivity index (χ2v) is 4.90. The van der Waals surface area contributed by atoms with E-state index in [-0.39, 0.29) is 0 Å². The molecule has 2 nitrogen and oxygen atoms in total. The van der Waals surface area contributed by atoms with Crippen molar-refractivity contribution in [1.82, 2.24) is 0 Å². The molecule has 4 unspecified atom stereocenters. The maximum absolute atomic E-state index is 9.66. The van der Waals surface area contributed by atoms with Crippen LogP contribution in [0.3, 0.4) is 0 Å². The summed E-state index contributed by atoms with van der Waals surface area (Å²) in [7, 11) is 1.60. The van der Waals surface area contributed by atoms with Gasteiger partial charge in [0.2, 0.25) is 0 Å². The summed E-state index contributed by atoms with van der Waals surface area (Å²) in [6.07, 6.45) is 1.96.